The number of hydrogen-bond donors (Lipinski definition) is 3. The van der Waals surface area contributed by atoms with Gasteiger partial charge in [0.15, 0.2) is 0 Å². The molecule has 342 valence electrons. The third kappa shape index (κ3) is 9.53. The molecule has 3 aromatic rings. The molecule has 2 aromatic heterocycles. The molecule has 4 fully saturated rings. The fourth-order valence-corrected chi connectivity index (χ4v) is 11.4. The van der Waals surface area contributed by atoms with Crippen LogP contribution in [0.15, 0.2) is 35.7 Å². The zero-order valence-electron chi connectivity index (χ0n) is 36.8. The van der Waals surface area contributed by atoms with Crippen LogP contribution in [0.4, 0.5) is 4.79 Å². The van der Waals surface area contributed by atoms with Crippen LogP contribution in [0.25, 0.3) is 21.6 Å². The van der Waals surface area contributed by atoms with Gasteiger partial charge in [-0.05, 0) is 77.3 Å². The number of sulfonamides is 1. The van der Waals surface area contributed by atoms with Crippen LogP contribution in [0.3, 0.4) is 0 Å². The van der Waals surface area contributed by atoms with Crippen molar-refractivity contribution in [1.29, 1.82) is 0 Å². The lowest BCUT2D eigenvalue weighted by Gasteiger charge is -2.36. The molecule has 8 rings (SSSR count). The molecule has 3 N–H and O–H groups in total. The van der Waals surface area contributed by atoms with Crippen LogP contribution in [0.1, 0.15) is 104 Å². The maximum atomic E-state index is 15.0. The van der Waals surface area contributed by atoms with Gasteiger partial charge in [-0.2, -0.15) is 0 Å². The van der Waals surface area contributed by atoms with Crippen LogP contribution in [0, 0.1) is 12.8 Å². The van der Waals surface area contributed by atoms with Gasteiger partial charge < -0.3 is 34.6 Å². The Hall–Kier alpha value is -4.81. The fraction of sp³-hybridized carbons (Fsp3) is 0.600. The Bertz CT molecular complexity index is 2400. The van der Waals surface area contributed by atoms with Crippen LogP contribution in [0.2, 0.25) is 0 Å². The maximum Gasteiger partial charge on any atom is 0.318 e. The van der Waals surface area contributed by atoms with Crippen LogP contribution in [0.5, 0.6) is 11.5 Å². The van der Waals surface area contributed by atoms with Crippen LogP contribution in [-0.2, 0) is 29.1 Å². The van der Waals surface area contributed by atoms with Crippen molar-refractivity contribution in [2.75, 3.05) is 26.7 Å². The van der Waals surface area contributed by atoms with Gasteiger partial charge in [0.1, 0.15) is 45.9 Å². The summed E-state index contributed by atoms with van der Waals surface area (Å²) >= 11 is 1.48. The number of morpholine rings is 1. The minimum absolute atomic E-state index is 0. The SMILES string of the molecule is COc1ccc2c(O[C@@H]3C[C@H]4C(=O)N[C@]5(C(=O)NS(=O)(=O)C6CC6)CC5/C=C\CCCCC[C@H](NC(=O)N5C[C@@H](C)O[C@@H](C)C5)C(=O)N4C3)cc(-c3nc(C(C)C)cs3)nc2c1C.[HH]. The summed E-state index contributed by atoms with van der Waals surface area (Å²) < 4.78 is 46.7. The van der Waals surface area contributed by atoms with E-state index < -0.39 is 62.6 Å². The van der Waals surface area contributed by atoms with E-state index in [9.17, 15) is 27.6 Å². The molecule has 2 saturated carbocycles. The number of allylic oxidation sites excluding steroid dienone is 1. The molecule has 16 nitrogen and oxygen atoms in total. The summed E-state index contributed by atoms with van der Waals surface area (Å²) in [5.74, 6) is -0.920. The number of aromatic nitrogens is 2. The van der Waals surface area contributed by atoms with E-state index in [2.05, 4.69) is 29.2 Å². The zero-order chi connectivity index (χ0) is 44.8. The lowest BCUT2D eigenvalue weighted by atomic mass is 10.0. The molecule has 18 heteroatoms. The third-order valence-corrected chi connectivity index (χ3v) is 15.5. The topological polar surface area (TPSA) is 198 Å². The monoisotopic (exact) mass is 907 g/mol. The number of hydrogen-bond acceptors (Lipinski definition) is 12. The van der Waals surface area contributed by atoms with Gasteiger partial charge in [-0.3, -0.25) is 19.1 Å². The summed E-state index contributed by atoms with van der Waals surface area (Å²) in [6.45, 7) is 10.6. The second-order valence-electron chi connectivity index (χ2n) is 18.2. The predicted octanol–water partition coefficient (Wildman–Crippen LogP) is 5.58. The van der Waals surface area contributed by atoms with E-state index in [-0.39, 0.29) is 45.0 Å². The van der Waals surface area contributed by atoms with Gasteiger partial charge in [-0.25, -0.2) is 23.2 Å². The van der Waals surface area contributed by atoms with Gasteiger partial charge >= 0.3 is 6.03 Å². The van der Waals surface area contributed by atoms with Gasteiger partial charge in [0, 0.05) is 49.3 Å². The molecule has 3 aliphatic heterocycles. The largest absolute Gasteiger partial charge is 0.496 e. The van der Waals surface area contributed by atoms with Crippen molar-refractivity contribution in [2.24, 2.45) is 5.92 Å². The minimum atomic E-state index is -3.92. The summed E-state index contributed by atoms with van der Waals surface area (Å²) in [6.07, 6.45) is 7.25. The fourth-order valence-electron chi connectivity index (χ4n) is 9.09. The number of nitrogens with zero attached hydrogens (tertiary/aromatic N) is 4. The highest BCUT2D eigenvalue weighted by atomic mass is 32.2. The Kier molecular flexibility index (Phi) is 12.8. The number of nitrogens with one attached hydrogen (secondary N) is 3. The van der Waals surface area contributed by atoms with Crippen molar-refractivity contribution < 1.29 is 43.2 Å². The molecule has 5 heterocycles. The molecule has 5 aliphatic rings. The quantitative estimate of drug-likeness (QED) is 0.227. The first-order chi connectivity index (χ1) is 30.1. The van der Waals surface area contributed by atoms with E-state index in [1.54, 1.807) is 12.0 Å². The molecular weight excluding hydrogens is 847 g/mol. The van der Waals surface area contributed by atoms with E-state index >= 15 is 0 Å². The highest BCUT2D eigenvalue weighted by molar-refractivity contribution is 7.91. The number of aryl methyl sites for hydroxylation is 1. The van der Waals surface area contributed by atoms with Crippen LogP contribution >= 0.6 is 11.3 Å². The summed E-state index contributed by atoms with van der Waals surface area (Å²) in [6, 6.07) is 3.09. The molecule has 0 radical (unpaired) electrons. The first kappa shape index (κ1) is 44.8. The Balaban J connectivity index is 0.00000612. The van der Waals surface area contributed by atoms with Crippen molar-refractivity contribution in [2.45, 2.75) is 140 Å². The second-order valence-corrected chi connectivity index (χ2v) is 21.0. The number of thiazole rings is 1. The van der Waals surface area contributed by atoms with Crippen molar-refractivity contribution in [3.63, 3.8) is 0 Å². The Morgan fingerprint density at radius 1 is 1.05 bits per heavy atom. The number of amides is 5. The number of fused-ring (bicyclic) bond motifs is 3. The van der Waals surface area contributed by atoms with Crippen molar-refractivity contribution in [1.82, 2.24) is 35.1 Å². The first-order valence-electron chi connectivity index (χ1n) is 22.2. The van der Waals surface area contributed by atoms with E-state index in [0.29, 0.717) is 78.3 Å². The highest BCUT2D eigenvalue weighted by Crippen LogP contribution is 2.46. The Morgan fingerprint density at radius 2 is 1.81 bits per heavy atom. The normalized spacial score (nSPS) is 28.6. The van der Waals surface area contributed by atoms with Gasteiger partial charge in [0.25, 0.3) is 5.91 Å². The number of pyridine rings is 1. The van der Waals surface area contributed by atoms with Crippen molar-refractivity contribution >= 4 is 56.0 Å². The average molecular weight is 908 g/mol. The number of methoxy groups -OCH3 is 1. The van der Waals surface area contributed by atoms with Gasteiger partial charge in [-0.1, -0.05) is 38.8 Å². The molecule has 5 amide bonds. The van der Waals surface area contributed by atoms with E-state index in [1.165, 1.54) is 16.2 Å². The molecule has 2 saturated heterocycles. The zero-order valence-corrected chi connectivity index (χ0v) is 38.5. The summed E-state index contributed by atoms with van der Waals surface area (Å²) in [5, 5.41) is 8.77. The minimum Gasteiger partial charge on any atom is -0.496 e. The second kappa shape index (κ2) is 18.0. The highest BCUT2D eigenvalue weighted by Gasteiger charge is 2.62. The lowest BCUT2D eigenvalue weighted by Crippen LogP contribution is -2.59. The molecule has 7 atom stereocenters. The van der Waals surface area contributed by atoms with Gasteiger partial charge in [-0.15, -0.1) is 11.3 Å². The van der Waals surface area contributed by atoms with Crippen LogP contribution < -0.4 is 24.8 Å². The number of rotatable bonds is 9. The summed E-state index contributed by atoms with van der Waals surface area (Å²) in [4.78, 5) is 70.6. The molecule has 0 bridgehead atoms. The molecule has 1 aromatic carbocycles. The van der Waals surface area contributed by atoms with Crippen molar-refractivity contribution in [3.05, 3.63) is 47.0 Å². The average Bonchev–Trinajstić information content (AvgIpc) is 4.11. The maximum absolute atomic E-state index is 15.0. The van der Waals surface area contributed by atoms with Crippen molar-refractivity contribution in [3.8, 4) is 22.2 Å². The number of carbonyl (C=O) groups is 4. The molecule has 1 unspecified atom stereocenters. The number of benzene rings is 1. The molecule has 63 heavy (non-hydrogen) atoms. The molecular formula is C45H61N7O9S2. The first-order valence-corrected chi connectivity index (χ1v) is 24.7. The smallest absolute Gasteiger partial charge is 0.318 e. The number of carbonyl (C=O) groups excluding carboxylic acids is 4. The predicted molar refractivity (Wildman–Crippen MR) is 240 cm³/mol. The van der Waals surface area contributed by atoms with Crippen LogP contribution in [-0.4, -0.2) is 120 Å². The van der Waals surface area contributed by atoms with Gasteiger partial charge in [0.05, 0.1) is 42.3 Å². The van der Waals surface area contributed by atoms with Gasteiger partial charge in [0.2, 0.25) is 21.8 Å². The Labute approximate surface area is 374 Å². The van der Waals surface area contributed by atoms with E-state index in [4.69, 9.17) is 24.2 Å². The molecule has 2 aliphatic carbocycles. The summed E-state index contributed by atoms with van der Waals surface area (Å²) in [7, 11) is -2.31. The number of ether oxygens (including phenoxy) is 3. The standard InChI is InChI=1S/C45H59N7O9S2.H2/c1-25(2)35-24-62-41(47-35)34-19-38(32-16-17-37(59-6)28(5)39(32)46-34)61-30-18-36-40(53)49-45(43(55)50-63(57,58)31-14-15-31)20-29(45)12-10-8-7-9-11-13-33(42(54)52(36)23-30)48-44(56)51-21-26(3)60-27(4)22-51;/h10,12,16-17,19,24-27,29-31,33,36H,7-9,11,13-15,18,20-23H2,1-6H3,(H,48,56)(H,49,53)(H,50,55);1H/b12-10-;/t26-,27+,29?,30-,33+,36+,45-;/m1./s1. The molecule has 0 spiro atoms. The number of urea groups is 1. The van der Waals surface area contributed by atoms with E-state index in [1.807, 2.05) is 56.5 Å². The summed E-state index contributed by atoms with van der Waals surface area (Å²) in [5.41, 5.74) is 1.48. The van der Waals surface area contributed by atoms with E-state index in [0.717, 1.165) is 24.1 Å². The Morgan fingerprint density at radius 3 is 2.51 bits per heavy atom. The lowest BCUT2D eigenvalue weighted by molar-refractivity contribution is -0.141. The third-order valence-electron chi connectivity index (χ3n) is 12.8.